The standard InChI is InChI=1S/C64H119NO10/c1-4-7-10-13-16-19-22-25-27-28-29-31-33-36-39-42-45-48-51-57(68)63(72)65-55(56(67)50-47-44-41-38-35-32-24-21-18-15-12-9-6-3)54-73-64-62(61(71)60(70)58(53-66)74-64)75-59(69)52-49-46-43-40-37-34-30-26-23-20-17-14-11-8-5-2/h17,20,23,26,47,50,55-58,60-62,64,66-68,70-71H,4-16,18-19,21-22,24-25,27-46,48-49,51-54H2,1-3H3,(H,65,72)/b20-17+,26-23+,50-47+. The van der Waals surface area contributed by atoms with Crippen LogP contribution in [0.5, 0.6) is 0 Å². The molecule has 1 aliphatic rings. The first-order chi connectivity index (χ1) is 36.7. The molecular formula is C64H119NO10. The Bertz CT molecular complexity index is 1360. The molecule has 1 fully saturated rings. The molecule has 1 saturated heterocycles. The summed E-state index contributed by atoms with van der Waals surface area (Å²) in [6, 6.07) is -1.02. The smallest absolute Gasteiger partial charge is 0.306 e. The summed E-state index contributed by atoms with van der Waals surface area (Å²) in [6.45, 7) is 5.78. The van der Waals surface area contributed by atoms with Crippen LogP contribution < -0.4 is 5.32 Å². The fraction of sp³-hybridized carbons (Fsp3) is 0.875. The minimum atomic E-state index is -1.62. The monoisotopic (exact) mass is 1060 g/mol. The zero-order valence-corrected chi connectivity index (χ0v) is 48.7. The van der Waals surface area contributed by atoms with Crippen molar-refractivity contribution in [3.8, 4) is 0 Å². The Morgan fingerprint density at radius 1 is 0.520 bits per heavy atom. The van der Waals surface area contributed by atoms with E-state index in [9.17, 15) is 35.1 Å². The maximum Gasteiger partial charge on any atom is 0.306 e. The van der Waals surface area contributed by atoms with E-state index in [1.165, 1.54) is 167 Å². The van der Waals surface area contributed by atoms with E-state index < -0.39 is 67.4 Å². The number of nitrogens with one attached hydrogen (secondary N) is 1. The summed E-state index contributed by atoms with van der Waals surface area (Å²) in [5, 5.41) is 57.0. The molecule has 0 bridgehead atoms. The number of aliphatic hydroxyl groups excluding tert-OH is 5. The zero-order valence-electron chi connectivity index (χ0n) is 48.7. The lowest BCUT2D eigenvalue weighted by Gasteiger charge is -2.41. The summed E-state index contributed by atoms with van der Waals surface area (Å²) in [5.41, 5.74) is 0. The van der Waals surface area contributed by atoms with Crippen LogP contribution in [0.4, 0.5) is 0 Å². The van der Waals surface area contributed by atoms with Gasteiger partial charge >= 0.3 is 5.97 Å². The van der Waals surface area contributed by atoms with Crippen molar-refractivity contribution < 1.29 is 49.3 Å². The van der Waals surface area contributed by atoms with Crippen LogP contribution in [0.25, 0.3) is 0 Å². The number of rotatable bonds is 54. The number of unbranched alkanes of at least 4 members (excludes halogenated alkanes) is 37. The third-order valence-electron chi connectivity index (χ3n) is 15.1. The van der Waals surface area contributed by atoms with Gasteiger partial charge in [0.1, 0.15) is 24.4 Å². The predicted octanol–water partition coefficient (Wildman–Crippen LogP) is 15.1. The topological polar surface area (TPSA) is 175 Å². The quantitative estimate of drug-likeness (QED) is 0.0149. The van der Waals surface area contributed by atoms with E-state index in [0.29, 0.717) is 19.3 Å². The van der Waals surface area contributed by atoms with Crippen LogP contribution in [0.1, 0.15) is 297 Å². The van der Waals surface area contributed by atoms with Crippen LogP contribution in [0, 0.1) is 0 Å². The molecule has 11 nitrogen and oxygen atoms in total. The lowest BCUT2D eigenvalue weighted by Crippen LogP contribution is -2.61. The SMILES string of the molecule is CCCCC/C=C/C=C/CCCCCCCCC(=O)OC1C(OCC(NC(=O)C(O)CCCCCCCCCCCCCCCCCCCC)C(O)/C=C/CCCCCCCCCCCCC)OC(CO)C(O)C1O. The van der Waals surface area contributed by atoms with Crippen molar-refractivity contribution in [3.05, 3.63) is 36.5 Å². The Morgan fingerprint density at radius 3 is 1.36 bits per heavy atom. The maximum atomic E-state index is 13.4. The van der Waals surface area contributed by atoms with Gasteiger partial charge in [-0.05, 0) is 51.4 Å². The highest BCUT2D eigenvalue weighted by atomic mass is 16.7. The number of carbonyl (C=O) groups excluding carboxylic acids is 2. The van der Waals surface area contributed by atoms with Gasteiger partial charge in [0, 0.05) is 6.42 Å². The van der Waals surface area contributed by atoms with Gasteiger partial charge in [-0.25, -0.2) is 0 Å². The van der Waals surface area contributed by atoms with E-state index in [0.717, 1.165) is 83.5 Å². The van der Waals surface area contributed by atoms with Crippen molar-refractivity contribution in [2.24, 2.45) is 0 Å². The Morgan fingerprint density at radius 2 is 0.907 bits per heavy atom. The first kappa shape index (κ1) is 70.9. The van der Waals surface area contributed by atoms with Gasteiger partial charge in [-0.3, -0.25) is 9.59 Å². The second kappa shape index (κ2) is 52.6. The summed E-state index contributed by atoms with van der Waals surface area (Å²) in [7, 11) is 0. The van der Waals surface area contributed by atoms with Crippen LogP contribution in [-0.2, 0) is 23.8 Å². The van der Waals surface area contributed by atoms with Crippen molar-refractivity contribution in [1.29, 1.82) is 0 Å². The second-order valence-electron chi connectivity index (χ2n) is 22.2. The Hall–Kier alpha value is -2.12. The highest BCUT2D eigenvalue weighted by Crippen LogP contribution is 2.26. The van der Waals surface area contributed by atoms with E-state index in [2.05, 4.69) is 50.4 Å². The fourth-order valence-electron chi connectivity index (χ4n) is 10.00. The second-order valence-corrected chi connectivity index (χ2v) is 22.2. The van der Waals surface area contributed by atoms with Gasteiger partial charge in [0.25, 0.3) is 0 Å². The molecule has 11 heteroatoms. The third-order valence-corrected chi connectivity index (χ3v) is 15.1. The Balaban J connectivity index is 2.68. The number of ether oxygens (including phenoxy) is 3. The maximum absolute atomic E-state index is 13.4. The minimum absolute atomic E-state index is 0.113. The summed E-state index contributed by atoms with van der Waals surface area (Å²) in [5.74, 6) is -1.20. The number of esters is 1. The van der Waals surface area contributed by atoms with Crippen molar-refractivity contribution >= 4 is 11.9 Å². The normalized spacial score (nSPS) is 19.4. The van der Waals surface area contributed by atoms with Gasteiger partial charge in [0.2, 0.25) is 5.91 Å². The molecule has 1 heterocycles. The van der Waals surface area contributed by atoms with E-state index in [-0.39, 0.29) is 13.0 Å². The fourth-order valence-corrected chi connectivity index (χ4v) is 10.00. The minimum Gasteiger partial charge on any atom is -0.454 e. The Kier molecular flexibility index (Phi) is 49.7. The predicted molar refractivity (Wildman–Crippen MR) is 311 cm³/mol. The molecule has 1 aliphatic heterocycles. The van der Waals surface area contributed by atoms with E-state index in [1.54, 1.807) is 6.08 Å². The first-order valence-corrected chi connectivity index (χ1v) is 31.8. The lowest BCUT2D eigenvalue weighted by atomic mass is 9.99. The highest BCUT2D eigenvalue weighted by molar-refractivity contribution is 5.80. The van der Waals surface area contributed by atoms with Crippen LogP contribution >= 0.6 is 0 Å². The molecule has 75 heavy (non-hydrogen) atoms. The number of hydrogen-bond acceptors (Lipinski definition) is 10. The summed E-state index contributed by atoms with van der Waals surface area (Å²) in [4.78, 5) is 26.5. The van der Waals surface area contributed by atoms with Gasteiger partial charge in [-0.2, -0.15) is 0 Å². The van der Waals surface area contributed by atoms with Gasteiger partial charge in [0.05, 0.1) is 25.4 Å². The number of allylic oxidation sites excluding steroid dienone is 5. The van der Waals surface area contributed by atoms with Crippen LogP contribution in [-0.4, -0.2) is 99.6 Å². The summed E-state index contributed by atoms with van der Waals surface area (Å²) in [6.07, 6.45) is 51.8. The van der Waals surface area contributed by atoms with Crippen LogP contribution in [0.3, 0.4) is 0 Å². The Labute approximate surface area is 460 Å². The van der Waals surface area contributed by atoms with Crippen LogP contribution in [0.2, 0.25) is 0 Å². The van der Waals surface area contributed by atoms with E-state index in [1.807, 2.05) is 6.08 Å². The summed E-state index contributed by atoms with van der Waals surface area (Å²) < 4.78 is 17.6. The van der Waals surface area contributed by atoms with Crippen molar-refractivity contribution in [3.63, 3.8) is 0 Å². The molecule has 1 rings (SSSR count). The number of hydrogen-bond donors (Lipinski definition) is 6. The number of aliphatic hydroxyl groups is 5. The molecule has 0 saturated carbocycles. The van der Waals surface area contributed by atoms with Crippen LogP contribution in [0.15, 0.2) is 36.5 Å². The molecule has 8 atom stereocenters. The summed E-state index contributed by atoms with van der Waals surface area (Å²) >= 11 is 0. The van der Waals surface area contributed by atoms with Crippen molar-refractivity contribution in [1.82, 2.24) is 5.32 Å². The molecule has 0 spiro atoms. The largest absolute Gasteiger partial charge is 0.454 e. The van der Waals surface area contributed by atoms with E-state index in [4.69, 9.17) is 14.2 Å². The first-order valence-electron chi connectivity index (χ1n) is 31.8. The van der Waals surface area contributed by atoms with Crippen molar-refractivity contribution in [2.45, 2.75) is 346 Å². The number of amides is 1. The molecule has 440 valence electrons. The molecule has 1 amide bonds. The van der Waals surface area contributed by atoms with Gasteiger partial charge in [0.15, 0.2) is 12.4 Å². The molecule has 0 aromatic rings. The average Bonchev–Trinajstić information content (AvgIpc) is 3.41. The van der Waals surface area contributed by atoms with Gasteiger partial charge < -0.3 is 45.1 Å². The van der Waals surface area contributed by atoms with Gasteiger partial charge in [-0.1, -0.05) is 276 Å². The van der Waals surface area contributed by atoms with Crippen molar-refractivity contribution in [2.75, 3.05) is 13.2 Å². The average molecular weight is 1060 g/mol. The molecule has 0 aromatic heterocycles. The molecule has 8 unspecified atom stereocenters. The zero-order chi connectivity index (χ0) is 54.7. The third kappa shape index (κ3) is 40.7. The number of carbonyl (C=O) groups is 2. The molecular weight excluding hydrogens is 943 g/mol. The lowest BCUT2D eigenvalue weighted by molar-refractivity contribution is -0.305. The molecule has 0 aliphatic carbocycles. The van der Waals surface area contributed by atoms with E-state index >= 15 is 0 Å². The molecule has 0 aromatic carbocycles. The highest BCUT2D eigenvalue weighted by Gasteiger charge is 2.47. The molecule has 0 radical (unpaired) electrons. The molecule has 6 N–H and O–H groups in total. The van der Waals surface area contributed by atoms with Gasteiger partial charge in [-0.15, -0.1) is 0 Å².